The summed E-state index contributed by atoms with van der Waals surface area (Å²) in [7, 11) is 0. The molecule has 136 valence electrons. The summed E-state index contributed by atoms with van der Waals surface area (Å²) in [6.45, 7) is 2.58. The van der Waals surface area contributed by atoms with Crippen LogP contribution < -0.4 is 19.7 Å². The van der Waals surface area contributed by atoms with Crippen molar-refractivity contribution in [3.8, 4) is 17.3 Å². The van der Waals surface area contributed by atoms with Crippen LogP contribution in [0.2, 0.25) is 0 Å². The first-order valence-electron chi connectivity index (χ1n) is 8.55. The molecule has 7 nitrogen and oxygen atoms in total. The summed E-state index contributed by atoms with van der Waals surface area (Å²) in [5.74, 6) is -0.572. The number of nitrogens with zero attached hydrogens (tertiary/aromatic N) is 4. The fraction of sp³-hybridized carbons (Fsp3) is 0.211. The van der Waals surface area contributed by atoms with Crippen molar-refractivity contribution in [2.75, 3.05) is 31.1 Å². The first-order valence-corrected chi connectivity index (χ1v) is 8.55. The van der Waals surface area contributed by atoms with Crippen LogP contribution in [-0.2, 0) is 0 Å². The lowest BCUT2D eigenvalue weighted by molar-refractivity contribution is -0.622. The highest BCUT2D eigenvalue weighted by atomic mass is 19.1. The van der Waals surface area contributed by atoms with Gasteiger partial charge in [-0.15, -0.1) is 4.73 Å². The Balaban J connectivity index is 1.99. The Hall–Kier alpha value is -3.44. The fourth-order valence-corrected chi connectivity index (χ4v) is 3.40. The summed E-state index contributed by atoms with van der Waals surface area (Å²) < 4.78 is 15.6. The van der Waals surface area contributed by atoms with Gasteiger partial charge < -0.3 is 20.6 Å². The molecule has 2 aromatic carbocycles. The summed E-state index contributed by atoms with van der Waals surface area (Å²) in [6, 6.07) is 12.7. The van der Waals surface area contributed by atoms with E-state index >= 15 is 0 Å². The number of piperazine rings is 1. The number of nitriles is 1. The lowest BCUT2D eigenvalue weighted by Gasteiger charge is -2.29. The molecule has 0 aliphatic carbocycles. The minimum Gasteiger partial charge on any atom is -0.617 e. The molecule has 1 aliphatic rings. The lowest BCUT2D eigenvalue weighted by Crippen LogP contribution is -2.45. The van der Waals surface area contributed by atoms with Gasteiger partial charge in [-0.3, -0.25) is 0 Å². The van der Waals surface area contributed by atoms with Gasteiger partial charge in [0.2, 0.25) is 0 Å². The molecule has 0 radical (unpaired) electrons. The van der Waals surface area contributed by atoms with Crippen LogP contribution in [-0.4, -0.2) is 26.2 Å². The average Bonchev–Trinajstić information content (AvgIpc) is 2.71. The van der Waals surface area contributed by atoms with E-state index in [1.54, 1.807) is 30.3 Å². The second-order valence-corrected chi connectivity index (χ2v) is 6.29. The number of halogens is 1. The number of hydrogen-bond acceptors (Lipinski definition) is 5. The molecule has 0 spiro atoms. The van der Waals surface area contributed by atoms with Gasteiger partial charge in [-0.25, -0.2) is 4.39 Å². The van der Waals surface area contributed by atoms with E-state index in [0.29, 0.717) is 41.2 Å². The zero-order chi connectivity index (χ0) is 19.0. The maximum Gasteiger partial charge on any atom is 0.369 e. The molecular weight excluding hydrogens is 349 g/mol. The second kappa shape index (κ2) is 6.70. The summed E-state index contributed by atoms with van der Waals surface area (Å²) >= 11 is 0. The van der Waals surface area contributed by atoms with Crippen LogP contribution in [0.5, 0.6) is 0 Å². The van der Waals surface area contributed by atoms with Crippen molar-refractivity contribution >= 4 is 16.7 Å². The third kappa shape index (κ3) is 2.78. The van der Waals surface area contributed by atoms with Crippen LogP contribution in [0.4, 0.5) is 10.1 Å². The molecule has 27 heavy (non-hydrogen) atoms. The highest BCUT2D eigenvalue weighted by Crippen LogP contribution is 2.26. The molecule has 1 aliphatic heterocycles. The van der Waals surface area contributed by atoms with Crippen molar-refractivity contribution in [3.05, 3.63) is 64.4 Å². The molecule has 4 rings (SSSR count). The number of nitrogens with one attached hydrogen (secondary N) is 1. The highest BCUT2D eigenvalue weighted by Gasteiger charge is 2.31. The van der Waals surface area contributed by atoms with E-state index in [0.717, 1.165) is 6.07 Å². The number of aromatic nitrogens is 2. The maximum atomic E-state index is 14.7. The standard InChI is InChI=1S/C19H16FN5O2/c20-14-10-16-17(11-15(14)23-8-6-22-7-9-23)24(26)18(12-21)19(25(16)27)13-4-2-1-3-5-13/h1-5,10-11,22H,6-9H2. The number of benzene rings is 2. The predicted octanol–water partition coefficient (Wildman–Crippen LogP) is 1.19. The number of fused-ring (bicyclic) bond motifs is 1. The Bertz CT molecular complexity index is 1060. The van der Waals surface area contributed by atoms with Gasteiger partial charge in [0.1, 0.15) is 0 Å². The van der Waals surface area contributed by atoms with Crippen LogP contribution in [0.15, 0.2) is 42.5 Å². The largest absolute Gasteiger partial charge is 0.617 e. The van der Waals surface area contributed by atoms with Gasteiger partial charge in [-0.1, -0.05) is 18.2 Å². The molecule has 0 unspecified atom stereocenters. The summed E-state index contributed by atoms with van der Waals surface area (Å²) in [5, 5.41) is 38.4. The van der Waals surface area contributed by atoms with E-state index in [9.17, 15) is 20.1 Å². The number of hydrogen-bond donors (Lipinski definition) is 1. The molecular formula is C19H16FN5O2. The minimum atomic E-state index is -0.572. The van der Waals surface area contributed by atoms with Gasteiger partial charge in [0.25, 0.3) is 11.0 Å². The third-order valence-electron chi connectivity index (χ3n) is 4.72. The van der Waals surface area contributed by atoms with Crippen molar-refractivity contribution in [1.82, 2.24) is 5.32 Å². The molecule has 2 heterocycles. The molecule has 0 atom stereocenters. The summed E-state index contributed by atoms with van der Waals surface area (Å²) in [6.07, 6.45) is 0. The predicted molar refractivity (Wildman–Crippen MR) is 97.1 cm³/mol. The second-order valence-electron chi connectivity index (χ2n) is 6.29. The van der Waals surface area contributed by atoms with Crippen molar-refractivity contribution in [2.24, 2.45) is 0 Å². The van der Waals surface area contributed by atoms with E-state index in [-0.39, 0.29) is 28.1 Å². The lowest BCUT2D eigenvalue weighted by atomic mass is 10.1. The molecule has 0 bridgehead atoms. The Morgan fingerprint density at radius 2 is 1.70 bits per heavy atom. The smallest absolute Gasteiger partial charge is 0.369 e. The van der Waals surface area contributed by atoms with Crippen molar-refractivity contribution in [1.29, 1.82) is 5.26 Å². The Kier molecular flexibility index (Phi) is 4.22. The van der Waals surface area contributed by atoms with Crippen LogP contribution >= 0.6 is 0 Å². The van der Waals surface area contributed by atoms with Crippen LogP contribution in [0, 0.1) is 27.6 Å². The fourth-order valence-electron chi connectivity index (χ4n) is 3.40. The highest BCUT2D eigenvalue weighted by molar-refractivity contribution is 5.76. The van der Waals surface area contributed by atoms with Crippen LogP contribution in [0.25, 0.3) is 22.3 Å². The normalized spacial score (nSPS) is 14.3. The Labute approximate surface area is 154 Å². The van der Waals surface area contributed by atoms with Crippen LogP contribution in [0.1, 0.15) is 5.69 Å². The van der Waals surface area contributed by atoms with E-state index in [2.05, 4.69) is 5.32 Å². The molecule has 1 fully saturated rings. The van der Waals surface area contributed by atoms with Gasteiger partial charge in [0.15, 0.2) is 11.9 Å². The van der Waals surface area contributed by atoms with Crippen molar-refractivity contribution in [2.45, 2.75) is 0 Å². The van der Waals surface area contributed by atoms with E-state index in [1.165, 1.54) is 6.07 Å². The zero-order valence-corrected chi connectivity index (χ0v) is 14.4. The van der Waals surface area contributed by atoms with Gasteiger partial charge in [0.05, 0.1) is 17.3 Å². The Morgan fingerprint density at radius 1 is 1.04 bits per heavy atom. The number of anilines is 1. The van der Waals surface area contributed by atoms with Crippen LogP contribution in [0.3, 0.4) is 0 Å². The van der Waals surface area contributed by atoms with E-state index in [4.69, 9.17) is 0 Å². The minimum absolute atomic E-state index is 0.0313. The van der Waals surface area contributed by atoms with Gasteiger partial charge in [-0.05, 0) is 12.1 Å². The van der Waals surface area contributed by atoms with E-state index < -0.39 is 5.82 Å². The monoisotopic (exact) mass is 365 g/mol. The first kappa shape index (κ1) is 17.0. The summed E-state index contributed by atoms with van der Waals surface area (Å²) in [5.41, 5.74) is 0.124. The Morgan fingerprint density at radius 3 is 2.37 bits per heavy atom. The third-order valence-corrected chi connectivity index (χ3v) is 4.72. The van der Waals surface area contributed by atoms with Crippen molar-refractivity contribution < 1.29 is 13.9 Å². The zero-order valence-electron chi connectivity index (χ0n) is 14.4. The molecule has 8 heteroatoms. The maximum absolute atomic E-state index is 14.7. The SMILES string of the molecule is N#Cc1c(-c2ccccc2)[n+]([O-])c2cc(F)c(N3CCNCC3)cc2[n+]1[O-]. The molecule has 1 aromatic heterocycles. The molecule has 0 amide bonds. The first-order chi connectivity index (χ1) is 13.1. The molecule has 1 N–H and O–H groups in total. The van der Waals surface area contributed by atoms with Crippen molar-refractivity contribution in [3.63, 3.8) is 0 Å². The van der Waals surface area contributed by atoms with Gasteiger partial charge >= 0.3 is 11.4 Å². The quantitative estimate of drug-likeness (QED) is 0.544. The molecule has 1 saturated heterocycles. The summed E-state index contributed by atoms with van der Waals surface area (Å²) in [4.78, 5) is 1.82. The topological polar surface area (TPSA) is 92.9 Å². The van der Waals surface area contributed by atoms with E-state index in [1.807, 2.05) is 11.0 Å². The average molecular weight is 365 g/mol. The molecule has 3 aromatic rings. The van der Waals surface area contributed by atoms with Gasteiger partial charge in [0, 0.05) is 32.2 Å². The number of rotatable bonds is 2. The molecule has 0 saturated carbocycles. The van der Waals surface area contributed by atoms with Gasteiger partial charge in [-0.2, -0.15) is 9.99 Å².